The lowest BCUT2D eigenvalue weighted by molar-refractivity contribution is -0.142. The van der Waals surface area contributed by atoms with Crippen molar-refractivity contribution in [2.24, 2.45) is 5.92 Å². The summed E-state index contributed by atoms with van der Waals surface area (Å²) >= 11 is 1.44. The Hall–Kier alpha value is -1.96. The number of alkyl halides is 3. The molecule has 1 N–H and O–H groups in total. The molecule has 0 aromatic carbocycles. The van der Waals surface area contributed by atoms with Crippen molar-refractivity contribution in [2.45, 2.75) is 32.4 Å². The van der Waals surface area contributed by atoms with Crippen LogP contribution >= 0.6 is 11.3 Å². The van der Waals surface area contributed by atoms with Crippen molar-refractivity contribution in [3.05, 3.63) is 39.6 Å². The Kier molecular flexibility index (Phi) is 4.09. The van der Waals surface area contributed by atoms with Gasteiger partial charge in [0.05, 0.1) is 5.69 Å². The van der Waals surface area contributed by atoms with Crippen LogP contribution in [0.5, 0.6) is 0 Å². The summed E-state index contributed by atoms with van der Waals surface area (Å²) in [6, 6.07) is 1.76. The third-order valence-electron chi connectivity index (χ3n) is 3.81. The molecule has 1 aliphatic rings. The zero-order valence-electron chi connectivity index (χ0n) is 12.3. The first-order chi connectivity index (χ1) is 10.8. The lowest BCUT2D eigenvalue weighted by Gasteiger charge is -2.25. The number of thiophene rings is 1. The smallest absolute Gasteiger partial charge is 0.325 e. The van der Waals surface area contributed by atoms with Gasteiger partial charge in [-0.1, -0.05) is 0 Å². The Bertz CT molecular complexity index is 728. The molecule has 1 unspecified atom stereocenters. The number of nitrogens with zero attached hydrogens (tertiary/aromatic N) is 2. The fourth-order valence-corrected chi connectivity index (χ4v) is 3.36. The van der Waals surface area contributed by atoms with Crippen molar-refractivity contribution in [3.8, 4) is 0 Å². The van der Waals surface area contributed by atoms with Crippen molar-refractivity contribution in [3.63, 3.8) is 0 Å². The number of hydrogen-bond donors (Lipinski definition) is 1. The number of fused-ring (bicyclic) bond motifs is 1. The molecule has 0 saturated carbocycles. The predicted molar refractivity (Wildman–Crippen MR) is 80.2 cm³/mol. The largest absolute Gasteiger partial charge is 0.433 e. The lowest BCUT2D eigenvalue weighted by Crippen LogP contribution is -2.31. The molecule has 1 aliphatic carbocycles. The Morgan fingerprint density at radius 2 is 2.17 bits per heavy atom. The van der Waals surface area contributed by atoms with E-state index in [-0.39, 0.29) is 23.7 Å². The van der Waals surface area contributed by atoms with E-state index in [2.05, 4.69) is 15.3 Å². The first kappa shape index (κ1) is 15.9. The molecule has 0 fully saturated rings. The Labute approximate surface area is 134 Å². The number of aromatic nitrogens is 2. The van der Waals surface area contributed by atoms with Crippen LogP contribution in [0.4, 0.5) is 18.9 Å². The Morgan fingerprint density at radius 3 is 2.83 bits per heavy atom. The van der Waals surface area contributed by atoms with Gasteiger partial charge in [0.25, 0.3) is 0 Å². The zero-order valence-corrected chi connectivity index (χ0v) is 13.1. The number of carbonyl (C=O) groups excluding carboxylic acids is 1. The van der Waals surface area contributed by atoms with Gasteiger partial charge in [0.15, 0.2) is 5.69 Å². The first-order valence-corrected chi connectivity index (χ1v) is 8.05. The highest BCUT2D eigenvalue weighted by Gasteiger charge is 2.39. The van der Waals surface area contributed by atoms with E-state index in [1.54, 1.807) is 11.4 Å². The number of halogens is 3. The van der Waals surface area contributed by atoms with Crippen molar-refractivity contribution >= 4 is 22.9 Å². The SMILES string of the molecule is Cc1nc2c(c(C(F)(F)F)n1)CC(C(=O)Nc1ccsc1)CC2. The van der Waals surface area contributed by atoms with Gasteiger partial charge in [-0.25, -0.2) is 9.97 Å². The number of nitrogens with one attached hydrogen (secondary N) is 1. The maximum Gasteiger partial charge on any atom is 0.433 e. The van der Waals surface area contributed by atoms with Crippen LogP contribution in [0.1, 0.15) is 29.2 Å². The third-order valence-corrected chi connectivity index (χ3v) is 4.50. The number of rotatable bonds is 2. The van der Waals surface area contributed by atoms with Crippen molar-refractivity contribution in [1.82, 2.24) is 9.97 Å². The van der Waals surface area contributed by atoms with E-state index in [0.29, 0.717) is 24.2 Å². The van der Waals surface area contributed by atoms with Gasteiger partial charge >= 0.3 is 6.18 Å². The second-order valence-electron chi connectivity index (χ2n) is 5.48. The summed E-state index contributed by atoms with van der Waals surface area (Å²) in [5.74, 6) is -0.658. The van der Waals surface area contributed by atoms with Gasteiger partial charge < -0.3 is 5.32 Å². The van der Waals surface area contributed by atoms with Gasteiger partial charge in [-0.15, -0.1) is 0 Å². The van der Waals surface area contributed by atoms with Crippen molar-refractivity contribution in [1.29, 1.82) is 0 Å². The molecule has 23 heavy (non-hydrogen) atoms. The average Bonchev–Trinajstić information content (AvgIpc) is 2.97. The number of anilines is 1. The molecule has 2 aromatic rings. The highest BCUT2D eigenvalue weighted by Crippen LogP contribution is 2.36. The molecule has 3 rings (SSSR count). The third kappa shape index (κ3) is 3.36. The molecule has 1 amide bonds. The van der Waals surface area contributed by atoms with Crippen LogP contribution in [0, 0.1) is 12.8 Å². The minimum Gasteiger partial charge on any atom is -0.325 e. The molecule has 2 aromatic heterocycles. The fourth-order valence-electron chi connectivity index (χ4n) is 2.77. The molecular formula is C15H14F3N3OS. The molecular weight excluding hydrogens is 327 g/mol. The molecule has 0 aliphatic heterocycles. The molecule has 0 spiro atoms. The van der Waals surface area contributed by atoms with Crippen LogP contribution in [0.15, 0.2) is 16.8 Å². The summed E-state index contributed by atoms with van der Waals surface area (Å²) in [5, 5.41) is 6.35. The second kappa shape index (κ2) is 5.92. The number of hydrogen-bond acceptors (Lipinski definition) is 4. The monoisotopic (exact) mass is 341 g/mol. The summed E-state index contributed by atoms with van der Waals surface area (Å²) in [7, 11) is 0. The minimum atomic E-state index is -4.54. The molecule has 0 radical (unpaired) electrons. The summed E-state index contributed by atoms with van der Waals surface area (Å²) in [5.41, 5.74) is 0.222. The van der Waals surface area contributed by atoms with Crippen LogP contribution in [0.3, 0.4) is 0 Å². The van der Waals surface area contributed by atoms with Crippen LogP contribution in [0.25, 0.3) is 0 Å². The normalized spacial score (nSPS) is 17.7. The predicted octanol–water partition coefficient (Wildman–Crippen LogP) is 3.61. The highest BCUT2D eigenvalue weighted by atomic mass is 32.1. The summed E-state index contributed by atoms with van der Waals surface area (Å²) in [6.45, 7) is 1.45. The Balaban J connectivity index is 1.86. The van der Waals surface area contributed by atoms with E-state index in [1.165, 1.54) is 18.3 Å². The van der Waals surface area contributed by atoms with Gasteiger partial charge in [0.2, 0.25) is 5.91 Å². The molecule has 0 bridgehead atoms. The van der Waals surface area contributed by atoms with Crippen LogP contribution < -0.4 is 5.32 Å². The van der Waals surface area contributed by atoms with Gasteiger partial charge in [-0.2, -0.15) is 24.5 Å². The highest BCUT2D eigenvalue weighted by molar-refractivity contribution is 7.08. The average molecular weight is 341 g/mol. The Morgan fingerprint density at radius 1 is 1.39 bits per heavy atom. The lowest BCUT2D eigenvalue weighted by atomic mass is 9.85. The van der Waals surface area contributed by atoms with E-state index >= 15 is 0 Å². The van der Waals surface area contributed by atoms with Crippen LogP contribution in [-0.4, -0.2) is 15.9 Å². The molecule has 4 nitrogen and oxygen atoms in total. The summed E-state index contributed by atoms with van der Waals surface area (Å²) < 4.78 is 39.6. The van der Waals surface area contributed by atoms with Crippen molar-refractivity contribution in [2.75, 3.05) is 5.32 Å². The van der Waals surface area contributed by atoms with Crippen LogP contribution in [-0.2, 0) is 23.8 Å². The number of aryl methyl sites for hydroxylation is 2. The molecule has 8 heteroatoms. The summed E-state index contributed by atoms with van der Waals surface area (Å²) in [6.07, 6.45) is -3.69. The minimum absolute atomic E-state index is 0.0143. The van der Waals surface area contributed by atoms with E-state index in [9.17, 15) is 18.0 Å². The maximum absolute atomic E-state index is 13.2. The van der Waals surface area contributed by atoms with E-state index in [0.717, 1.165) is 0 Å². The molecule has 2 heterocycles. The van der Waals surface area contributed by atoms with Crippen LogP contribution in [0.2, 0.25) is 0 Å². The quantitative estimate of drug-likeness (QED) is 0.908. The standard InChI is InChI=1S/C15H14F3N3OS/c1-8-19-12-3-2-9(14(22)21-10-4-5-23-7-10)6-11(12)13(20-8)15(16,17)18/h4-5,7,9H,2-3,6H2,1H3,(H,21,22). The first-order valence-electron chi connectivity index (χ1n) is 7.11. The molecule has 0 saturated heterocycles. The van der Waals surface area contributed by atoms with Gasteiger partial charge in [-0.05, 0) is 37.6 Å². The van der Waals surface area contributed by atoms with Gasteiger partial charge in [-0.3, -0.25) is 4.79 Å². The maximum atomic E-state index is 13.2. The zero-order chi connectivity index (χ0) is 16.6. The van der Waals surface area contributed by atoms with E-state index in [1.807, 2.05) is 5.38 Å². The number of amides is 1. The van der Waals surface area contributed by atoms with E-state index < -0.39 is 17.8 Å². The van der Waals surface area contributed by atoms with E-state index in [4.69, 9.17) is 0 Å². The number of carbonyl (C=O) groups is 1. The van der Waals surface area contributed by atoms with Gasteiger partial charge in [0.1, 0.15) is 5.82 Å². The summed E-state index contributed by atoms with van der Waals surface area (Å²) in [4.78, 5) is 20.0. The van der Waals surface area contributed by atoms with Gasteiger partial charge in [0, 0.05) is 22.6 Å². The molecule has 122 valence electrons. The van der Waals surface area contributed by atoms with Crippen molar-refractivity contribution < 1.29 is 18.0 Å². The molecule has 1 atom stereocenters. The fraction of sp³-hybridized carbons (Fsp3) is 0.400. The second-order valence-corrected chi connectivity index (χ2v) is 6.26. The topological polar surface area (TPSA) is 54.9 Å².